The van der Waals surface area contributed by atoms with Crippen molar-refractivity contribution in [3.63, 3.8) is 0 Å². The van der Waals surface area contributed by atoms with Crippen molar-refractivity contribution in [1.29, 1.82) is 0 Å². The maximum atomic E-state index is 12.5. The second kappa shape index (κ2) is 6.77. The largest absolute Gasteiger partial charge is 0.316 e. The van der Waals surface area contributed by atoms with Gasteiger partial charge in [-0.05, 0) is 38.1 Å². The highest BCUT2D eigenvalue weighted by Gasteiger charge is 2.32. The van der Waals surface area contributed by atoms with E-state index < -0.39 is 5.92 Å². The molecule has 27 heavy (non-hydrogen) atoms. The number of fused-ring (bicyclic) bond motifs is 1. The van der Waals surface area contributed by atoms with Gasteiger partial charge in [-0.15, -0.1) is 0 Å². The molecule has 3 amide bonds. The number of carbonyl (C=O) groups excluding carboxylic acids is 3. The predicted molar refractivity (Wildman–Crippen MR) is 100 cm³/mol. The first-order valence-electron chi connectivity index (χ1n) is 9.26. The van der Waals surface area contributed by atoms with E-state index in [4.69, 9.17) is 0 Å². The van der Waals surface area contributed by atoms with Crippen LogP contribution in [-0.2, 0) is 21.4 Å². The molecule has 1 aromatic carbocycles. The average molecular weight is 369 g/mol. The zero-order valence-corrected chi connectivity index (χ0v) is 15.5. The summed E-state index contributed by atoms with van der Waals surface area (Å²) in [6, 6.07) is 6.02. The summed E-state index contributed by atoms with van der Waals surface area (Å²) in [5.74, 6) is -0.848. The van der Waals surface area contributed by atoms with Crippen molar-refractivity contribution in [2.75, 3.05) is 18.5 Å². The molecule has 2 aliphatic rings. The van der Waals surface area contributed by atoms with Crippen LogP contribution in [0.1, 0.15) is 37.3 Å². The number of hydrogen-bond donors (Lipinski definition) is 2. The highest BCUT2D eigenvalue weighted by Crippen LogP contribution is 2.33. The van der Waals surface area contributed by atoms with E-state index in [1.807, 2.05) is 37.2 Å². The highest BCUT2D eigenvalue weighted by atomic mass is 16.2. The number of piperidine rings is 2. The third kappa shape index (κ3) is 3.10. The smallest absolute Gasteiger partial charge is 0.235 e. The van der Waals surface area contributed by atoms with Crippen molar-refractivity contribution < 1.29 is 14.4 Å². The van der Waals surface area contributed by atoms with Crippen LogP contribution in [0, 0.1) is 0 Å². The fourth-order valence-corrected chi connectivity index (χ4v) is 4.01. The molecule has 0 bridgehead atoms. The molecule has 0 radical (unpaired) electrons. The number of amides is 3. The van der Waals surface area contributed by atoms with Gasteiger partial charge in [-0.3, -0.25) is 24.4 Å². The van der Waals surface area contributed by atoms with E-state index in [0.29, 0.717) is 31.5 Å². The van der Waals surface area contributed by atoms with Gasteiger partial charge in [-0.1, -0.05) is 0 Å². The Morgan fingerprint density at radius 2 is 2.04 bits per heavy atom. The molecule has 2 N–H and O–H groups in total. The lowest BCUT2D eigenvalue weighted by atomic mass is 9.92. The van der Waals surface area contributed by atoms with Crippen molar-refractivity contribution in [3.8, 4) is 0 Å². The lowest BCUT2D eigenvalue weighted by Gasteiger charge is -2.31. The van der Waals surface area contributed by atoms with Gasteiger partial charge in [-0.25, -0.2) is 0 Å². The number of aromatic nitrogens is 2. The standard InChI is InChI=1S/C19H23N5O3/c1-20-11-7-8-24(17(26)9-11)12-3-4-13-15(10-12)23(2)22-18(13)14-5-6-16(25)21-19(14)27/h3-4,10-11,14,20H,5-9H2,1-2H3,(H,21,25,27)/t11-,14?/m0/s1. The zero-order valence-electron chi connectivity index (χ0n) is 15.5. The van der Waals surface area contributed by atoms with E-state index in [1.165, 1.54) is 0 Å². The summed E-state index contributed by atoms with van der Waals surface area (Å²) in [6.07, 6.45) is 2.19. The highest BCUT2D eigenvalue weighted by molar-refractivity contribution is 6.03. The van der Waals surface area contributed by atoms with E-state index in [0.717, 1.165) is 23.0 Å². The molecular formula is C19H23N5O3. The molecule has 142 valence electrons. The Labute approximate surface area is 156 Å². The number of rotatable bonds is 3. The molecule has 3 heterocycles. The summed E-state index contributed by atoms with van der Waals surface area (Å²) >= 11 is 0. The topological polar surface area (TPSA) is 96.3 Å². The van der Waals surface area contributed by atoms with Crippen molar-refractivity contribution in [2.24, 2.45) is 7.05 Å². The van der Waals surface area contributed by atoms with Crippen molar-refractivity contribution in [2.45, 2.75) is 37.6 Å². The van der Waals surface area contributed by atoms with Gasteiger partial charge < -0.3 is 10.2 Å². The normalized spacial score (nSPS) is 23.8. The maximum Gasteiger partial charge on any atom is 0.235 e. The lowest BCUT2D eigenvalue weighted by Crippen LogP contribution is -2.45. The van der Waals surface area contributed by atoms with E-state index in [2.05, 4.69) is 15.7 Å². The first-order chi connectivity index (χ1) is 13.0. The fourth-order valence-electron chi connectivity index (χ4n) is 4.01. The van der Waals surface area contributed by atoms with Gasteiger partial charge in [0.1, 0.15) is 0 Å². The minimum atomic E-state index is -0.426. The lowest BCUT2D eigenvalue weighted by molar-refractivity contribution is -0.134. The Bertz CT molecular complexity index is 935. The van der Waals surface area contributed by atoms with Crippen LogP contribution < -0.4 is 15.5 Å². The Balaban J connectivity index is 1.66. The minimum absolute atomic E-state index is 0.104. The molecule has 2 fully saturated rings. The molecule has 0 spiro atoms. The molecule has 8 heteroatoms. The number of anilines is 1. The Kier molecular flexibility index (Phi) is 4.43. The van der Waals surface area contributed by atoms with Gasteiger partial charge in [-0.2, -0.15) is 5.10 Å². The average Bonchev–Trinajstić information content (AvgIpc) is 2.97. The van der Waals surface area contributed by atoms with Crippen LogP contribution in [0.5, 0.6) is 0 Å². The third-order valence-electron chi connectivity index (χ3n) is 5.58. The molecule has 1 unspecified atom stereocenters. The van der Waals surface area contributed by atoms with E-state index in [-0.39, 0.29) is 23.8 Å². The molecule has 2 aromatic rings. The van der Waals surface area contributed by atoms with Crippen LogP contribution in [0.25, 0.3) is 10.9 Å². The maximum absolute atomic E-state index is 12.5. The number of carbonyl (C=O) groups is 3. The molecule has 2 atom stereocenters. The van der Waals surface area contributed by atoms with Gasteiger partial charge >= 0.3 is 0 Å². The molecule has 0 saturated carbocycles. The van der Waals surface area contributed by atoms with E-state index in [9.17, 15) is 14.4 Å². The summed E-state index contributed by atoms with van der Waals surface area (Å²) in [5, 5.41) is 11.0. The SMILES string of the molecule is CN[C@H]1CCN(c2ccc3c(C4CCC(=O)NC4=O)nn(C)c3c2)C(=O)C1. The van der Waals surface area contributed by atoms with E-state index in [1.54, 1.807) is 4.68 Å². The molecule has 1 aromatic heterocycles. The number of imide groups is 1. The van der Waals surface area contributed by atoms with Gasteiger partial charge in [0.05, 0.1) is 17.1 Å². The molecule has 8 nitrogen and oxygen atoms in total. The number of nitrogens with zero attached hydrogens (tertiary/aromatic N) is 3. The number of nitrogens with one attached hydrogen (secondary N) is 2. The second-order valence-electron chi connectivity index (χ2n) is 7.24. The molecule has 2 saturated heterocycles. The number of benzene rings is 1. The second-order valence-corrected chi connectivity index (χ2v) is 7.24. The molecule has 2 aliphatic heterocycles. The van der Waals surface area contributed by atoms with Crippen LogP contribution in [0.2, 0.25) is 0 Å². The zero-order chi connectivity index (χ0) is 19.1. The van der Waals surface area contributed by atoms with Crippen molar-refractivity contribution >= 4 is 34.3 Å². The van der Waals surface area contributed by atoms with Crippen molar-refractivity contribution in [1.82, 2.24) is 20.4 Å². The molecular weight excluding hydrogens is 346 g/mol. The van der Waals surface area contributed by atoms with Crippen LogP contribution in [0.15, 0.2) is 18.2 Å². The Morgan fingerprint density at radius 1 is 1.22 bits per heavy atom. The first kappa shape index (κ1) is 17.7. The number of aryl methyl sites for hydroxylation is 1. The van der Waals surface area contributed by atoms with Crippen LogP contribution in [0.4, 0.5) is 5.69 Å². The van der Waals surface area contributed by atoms with Gasteiger partial charge in [0.25, 0.3) is 0 Å². The quantitative estimate of drug-likeness (QED) is 0.781. The van der Waals surface area contributed by atoms with Gasteiger partial charge in [0, 0.05) is 43.5 Å². The Morgan fingerprint density at radius 3 is 2.74 bits per heavy atom. The summed E-state index contributed by atoms with van der Waals surface area (Å²) in [5.41, 5.74) is 2.40. The van der Waals surface area contributed by atoms with Crippen LogP contribution in [0.3, 0.4) is 0 Å². The first-order valence-corrected chi connectivity index (χ1v) is 9.26. The van der Waals surface area contributed by atoms with Crippen LogP contribution in [-0.4, -0.2) is 47.1 Å². The predicted octanol–water partition coefficient (Wildman–Crippen LogP) is 0.808. The number of hydrogen-bond acceptors (Lipinski definition) is 5. The monoisotopic (exact) mass is 369 g/mol. The molecule has 4 rings (SSSR count). The summed E-state index contributed by atoms with van der Waals surface area (Å²) < 4.78 is 1.74. The van der Waals surface area contributed by atoms with Crippen LogP contribution >= 0.6 is 0 Å². The fraction of sp³-hybridized carbons (Fsp3) is 0.474. The summed E-state index contributed by atoms with van der Waals surface area (Å²) in [7, 11) is 3.71. The van der Waals surface area contributed by atoms with Gasteiger partial charge in [0.2, 0.25) is 17.7 Å². The summed E-state index contributed by atoms with van der Waals surface area (Å²) in [6.45, 7) is 0.674. The molecule has 0 aliphatic carbocycles. The van der Waals surface area contributed by atoms with E-state index >= 15 is 0 Å². The summed E-state index contributed by atoms with van der Waals surface area (Å²) in [4.78, 5) is 38.0. The van der Waals surface area contributed by atoms with Gasteiger partial charge in [0.15, 0.2) is 0 Å². The Hall–Kier alpha value is -2.74. The van der Waals surface area contributed by atoms with Crippen molar-refractivity contribution in [3.05, 3.63) is 23.9 Å². The third-order valence-corrected chi connectivity index (χ3v) is 5.58. The minimum Gasteiger partial charge on any atom is -0.316 e.